The van der Waals surface area contributed by atoms with Gasteiger partial charge in [0.15, 0.2) is 0 Å². The molecule has 0 amide bonds. The first-order chi connectivity index (χ1) is 4.89. The smallest absolute Gasteiger partial charge is 0.0335 e. The van der Waals surface area contributed by atoms with Crippen LogP contribution in [0.4, 0.5) is 0 Å². The second kappa shape index (κ2) is 6.27. The molecule has 0 aliphatic carbocycles. The van der Waals surface area contributed by atoms with E-state index in [2.05, 4.69) is 17.1 Å². The van der Waals surface area contributed by atoms with Crippen molar-refractivity contribution in [2.24, 2.45) is 4.99 Å². The van der Waals surface area contributed by atoms with E-state index < -0.39 is 0 Å². The number of hydrogen-bond acceptors (Lipinski definition) is 1. The molecular formula is C9H15N. The highest BCUT2D eigenvalue weighted by molar-refractivity contribution is 5.72. The minimum absolute atomic E-state index is 1.02. The molecule has 1 heterocycles. The van der Waals surface area contributed by atoms with E-state index in [-0.39, 0.29) is 0 Å². The average Bonchev–Trinajstić information content (AvgIpc) is 2.21. The molecule has 10 heavy (non-hydrogen) atoms. The minimum Gasteiger partial charge on any atom is -0.262 e. The second-order valence-corrected chi connectivity index (χ2v) is 1.79. The van der Waals surface area contributed by atoms with Crippen LogP contribution >= 0.6 is 0 Å². The van der Waals surface area contributed by atoms with E-state index >= 15 is 0 Å². The van der Waals surface area contributed by atoms with E-state index in [0.29, 0.717) is 0 Å². The van der Waals surface area contributed by atoms with Gasteiger partial charge in [0, 0.05) is 11.9 Å². The molecule has 0 aromatic heterocycles. The lowest BCUT2D eigenvalue weighted by atomic mass is 10.3. The van der Waals surface area contributed by atoms with E-state index in [1.807, 2.05) is 33.1 Å². The number of rotatable bonds is 0. The first-order valence-electron chi connectivity index (χ1n) is 3.75. The standard InChI is InChI=1S/C7H9N.C2H6/c1-7-5-3-2-4-6-8-7;1-2/h2,4-6H,3H2,1H3;1-2H3. The summed E-state index contributed by atoms with van der Waals surface area (Å²) < 4.78 is 0. The molecule has 0 fully saturated rings. The molecule has 0 spiro atoms. The van der Waals surface area contributed by atoms with Gasteiger partial charge in [0.25, 0.3) is 0 Å². The summed E-state index contributed by atoms with van der Waals surface area (Å²) in [5.74, 6) is 0. The van der Waals surface area contributed by atoms with Crippen molar-refractivity contribution in [3.05, 3.63) is 23.9 Å². The van der Waals surface area contributed by atoms with Crippen LogP contribution in [-0.4, -0.2) is 6.21 Å². The summed E-state index contributed by atoms with van der Waals surface area (Å²) >= 11 is 0. The highest BCUT2D eigenvalue weighted by Gasteiger charge is 1.81. The molecule has 0 aromatic rings. The highest BCUT2D eigenvalue weighted by Crippen LogP contribution is 1.99. The van der Waals surface area contributed by atoms with Crippen LogP contribution < -0.4 is 0 Å². The summed E-state index contributed by atoms with van der Waals surface area (Å²) in [6.07, 6.45) is 8.98. The topological polar surface area (TPSA) is 12.4 Å². The zero-order valence-corrected chi connectivity index (χ0v) is 6.96. The predicted octanol–water partition coefficient (Wildman–Crippen LogP) is 2.95. The molecule has 1 nitrogen and oxygen atoms in total. The third-order valence-electron chi connectivity index (χ3n) is 1.05. The van der Waals surface area contributed by atoms with Crippen molar-refractivity contribution in [2.45, 2.75) is 27.2 Å². The van der Waals surface area contributed by atoms with Crippen molar-refractivity contribution in [1.29, 1.82) is 0 Å². The maximum absolute atomic E-state index is 4.07. The molecule has 0 atom stereocenters. The van der Waals surface area contributed by atoms with Crippen LogP contribution in [0.2, 0.25) is 0 Å². The van der Waals surface area contributed by atoms with Crippen molar-refractivity contribution in [2.75, 3.05) is 0 Å². The molecular weight excluding hydrogens is 122 g/mol. The Morgan fingerprint density at radius 1 is 1.40 bits per heavy atom. The zero-order valence-electron chi connectivity index (χ0n) is 6.96. The first kappa shape index (κ1) is 9.15. The number of allylic oxidation sites excluding steroid dienone is 4. The molecule has 1 heteroatoms. The van der Waals surface area contributed by atoms with Crippen LogP contribution in [-0.2, 0) is 0 Å². The second-order valence-electron chi connectivity index (χ2n) is 1.79. The van der Waals surface area contributed by atoms with Gasteiger partial charge in [-0.05, 0) is 19.4 Å². The van der Waals surface area contributed by atoms with Gasteiger partial charge >= 0.3 is 0 Å². The van der Waals surface area contributed by atoms with Gasteiger partial charge < -0.3 is 0 Å². The maximum atomic E-state index is 4.07. The van der Waals surface area contributed by atoms with Crippen LogP contribution in [0.15, 0.2) is 28.9 Å². The molecule has 0 radical (unpaired) electrons. The summed E-state index contributed by atoms with van der Waals surface area (Å²) in [5.41, 5.74) is 1.11. The monoisotopic (exact) mass is 137 g/mol. The fourth-order valence-corrected chi connectivity index (χ4v) is 0.591. The molecule has 0 N–H and O–H groups in total. The molecule has 0 bridgehead atoms. The van der Waals surface area contributed by atoms with Crippen molar-refractivity contribution in [1.82, 2.24) is 0 Å². The Bertz CT molecular complexity index is 149. The molecule has 0 aromatic carbocycles. The van der Waals surface area contributed by atoms with Crippen LogP contribution in [0.5, 0.6) is 0 Å². The van der Waals surface area contributed by atoms with E-state index in [4.69, 9.17) is 0 Å². The van der Waals surface area contributed by atoms with Gasteiger partial charge in [-0.1, -0.05) is 26.0 Å². The number of aliphatic imine (C=N–C) groups is 1. The molecule has 0 saturated carbocycles. The quantitative estimate of drug-likeness (QED) is 0.486. The number of hydrogen-bond donors (Lipinski definition) is 0. The van der Waals surface area contributed by atoms with E-state index in [1.165, 1.54) is 0 Å². The van der Waals surface area contributed by atoms with Crippen molar-refractivity contribution >= 4 is 6.21 Å². The van der Waals surface area contributed by atoms with Crippen molar-refractivity contribution in [3.63, 3.8) is 0 Å². The molecule has 1 rings (SSSR count). The summed E-state index contributed by atoms with van der Waals surface area (Å²) in [7, 11) is 0. The lowest BCUT2D eigenvalue weighted by Gasteiger charge is -1.82. The Morgan fingerprint density at radius 3 is 2.80 bits per heavy atom. The first-order valence-corrected chi connectivity index (χ1v) is 3.75. The molecule has 1 aliphatic heterocycles. The Kier molecular flexibility index (Phi) is 5.74. The van der Waals surface area contributed by atoms with Gasteiger partial charge in [-0.3, -0.25) is 4.99 Å². The zero-order chi connectivity index (χ0) is 7.82. The Morgan fingerprint density at radius 2 is 2.10 bits per heavy atom. The molecule has 0 saturated heterocycles. The fourth-order valence-electron chi connectivity index (χ4n) is 0.591. The van der Waals surface area contributed by atoms with Crippen LogP contribution in [0.1, 0.15) is 27.2 Å². The van der Waals surface area contributed by atoms with Gasteiger partial charge in [-0.2, -0.15) is 0 Å². The lowest BCUT2D eigenvalue weighted by Crippen LogP contribution is -1.64. The fraction of sp³-hybridized carbons (Fsp3) is 0.444. The van der Waals surface area contributed by atoms with E-state index in [9.17, 15) is 0 Å². The number of nitrogens with zero attached hydrogens (tertiary/aromatic N) is 1. The van der Waals surface area contributed by atoms with Crippen LogP contribution in [0.3, 0.4) is 0 Å². The normalized spacial score (nSPS) is 14.9. The van der Waals surface area contributed by atoms with Crippen molar-refractivity contribution < 1.29 is 0 Å². The van der Waals surface area contributed by atoms with Crippen LogP contribution in [0.25, 0.3) is 0 Å². The third kappa shape index (κ3) is 4.07. The van der Waals surface area contributed by atoms with Gasteiger partial charge in [0.2, 0.25) is 0 Å². The molecule has 56 valence electrons. The van der Waals surface area contributed by atoms with Crippen molar-refractivity contribution in [3.8, 4) is 0 Å². The van der Waals surface area contributed by atoms with Gasteiger partial charge in [-0.15, -0.1) is 0 Å². The minimum atomic E-state index is 1.02. The van der Waals surface area contributed by atoms with Crippen LogP contribution in [0, 0.1) is 0 Å². The average molecular weight is 137 g/mol. The predicted molar refractivity (Wildman–Crippen MR) is 47.4 cm³/mol. The highest BCUT2D eigenvalue weighted by atomic mass is 14.7. The third-order valence-corrected chi connectivity index (χ3v) is 1.05. The van der Waals surface area contributed by atoms with Gasteiger partial charge in [-0.25, -0.2) is 0 Å². The maximum Gasteiger partial charge on any atom is 0.0335 e. The Balaban J connectivity index is 0.000000371. The molecule has 1 aliphatic rings. The van der Waals surface area contributed by atoms with E-state index in [1.54, 1.807) is 0 Å². The SMILES string of the molecule is CC.CC1=CCC=CC=N1. The van der Waals surface area contributed by atoms with E-state index in [0.717, 1.165) is 12.1 Å². The molecule has 0 unspecified atom stereocenters. The summed E-state index contributed by atoms with van der Waals surface area (Å²) in [6, 6.07) is 0. The Hall–Kier alpha value is -0.850. The Labute approximate surface area is 63.2 Å². The largest absolute Gasteiger partial charge is 0.262 e. The van der Waals surface area contributed by atoms with Gasteiger partial charge in [0.1, 0.15) is 0 Å². The summed E-state index contributed by atoms with van der Waals surface area (Å²) in [5, 5.41) is 0. The lowest BCUT2D eigenvalue weighted by molar-refractivity contribution is 1.26. The van der Waals surface area contributed by atoms with Gasteiger partial charge in [0.05, 0.1) is 0 Å². The summed E-state index contributed by atoms with van der Waals surface area (Å²) in [4.78, 5) is 4.07. The summed E-state index contributed by atoms with van der Waals surface area (Å²) in [6.45, 7) is 6.00.